The number of hydrogen-bond acceptors (Lipinski definition) is 3. The van der Waals surface area contributed by atoms with Crippen LogP contribution in [0.15, 0.2) is 66.7 Å². The largest absolute Gasteiger partial charge is 0.396 e. The van der Waals surface area contributed by atoms with Gasteiger partial charge in [-0.3, -0.25) is 4.84 Å². The minimum absolute atomic E-state index is 0.0227. The van der Waals surface area contributed by atoms with E-state index in [2.05, 4.69) is 43.3 Å². The van der Waals surface area contributed by atoms with E-state index in [0.29, 0.717) is 0 Å². The SMILES string of the molecule is CCCC[C@H]1ON(c2ccccc2)[C@@H](/C=C/c2ccccc2)[C@@H]1CO. The highest BCUT2D eigenvalue weighted by Gasteiger charge is 2.41. The van der Waals surface area contributed by atoms with Crippen LogP contribution in [0.5, 0.6) is 0 Å². The Morgan fingerprint density at radius 1 is 1.04 bits per heavy atom. The molecule has 0 spiro atoms. The normalized spacial score (nSPS) is 23.4. The van der Waals surface area contributed by atoms with Crippen molar-refractivity contribution in [2.75, 3.05) is 11.7 Å². The predicted molar refractivity (Wildman–Crippen MR) is 103 cm³/mol. The standard InChI is InChI=1S/C22H27NO2/c1-2-3-14-22-20(17-24)21(16-15-18-10-6-4-7-11-18)23(25-22)19-12-8-5-9-13-19/h4-13,15-16,20-22,24H,2-3,14,17H2,1H3/b16-15+/t20-,21-,22+/m0/s1. The van der Waals surface area contributed by atoms with Gasteiger partial charge in [-0.2, -0.15) is 0 Å². The van der Waals surface area contributed by atoms with Gasteiger partial charge < -0.3 is 5.11 Å². The molecule has 2 aromatic carbocycles. The first kappa shape index (κ1) is 17.7. The van der Waals surface area contributed by atoms with Gasteiger partial charge in [-0.1, -0.05) is 80.4 Å². The Morgan fingerprint density at radius 3 is 2.36 bits per heavy atom. The zero-order valence-corrected chi connectivity index (χ0v) is 14.8. The van der Waals surface area contributed by atoms with E-state index in [1.54, 1.807) is 0 Å². The highest BCUT2D eigenvalue weighted by Crippen LogP contribution is 2.35. The molecule has 1 fully saturated rings. The Kier molecular flexibility index (Phi) is 6.26. The molecule has 1 aliphatic rings. The molecule has 0 bridgehead atoms. The highest BCUT2D eigenvalue weighted by atomic mass is 16.7. The van der Waals surface area contributed by atoms with E-state index in [-0.39, 0.29) is 24.7 Å². The van der Waals surface area contributed by atoms with Gasteiger partial charge in [0.1, 0.15) is 0 Å². The summed E-state index contributed by atoms with van der Waals surface area (Å²) >= 11 is 0. The van der Waals surface area contributed by atoms with Crippen LogP contribution in [0.3, 0.4) is 0 Å². The van der Waals surface area contributed by atoms with Gasteiger partial charge in [0.25, 0.3) is 0 Å². The molecule has 0 radical (unpaired) electrons. The van der Waals surface area contributed by atoms with Crippen molar-refractivity contribution in [3.63, 3.8) is 0 Å². The maximum absolute atomic E-state index is 10.0. The molecular weight excluding hydrogens is 310 g/mol. The van der Waals surface area contributed by atoms with Crippen LogP contribution in [0.25, 0.3) is 6.08 Å². The summed E-state index contributed by atoms with van der Waals surface area (Å²) in [5.74, 6) is 0.0757. The number of benzene rings is 2. The summed E-state index contributed by atoms with van der Waals surface area (Å²) in [4.78, 5) is 6.28. The topological polar surface area (TPSA) is 32.7 Å². The van der Waals surface area contributed by atoms with Crippen molar-refractivity contribution in [2.45, 2.75) is 38.3 Å². The van der Waals surface area contributed by atoms with Gasteiger partial charge in [-0.05, 0) is 24.1 Å². The third-order valence-corrected chi connectivity index (χ3v) is 4.79. The lowest BCUT2D eigenvalue weighted by Crippen LogP contribution is -2.32. The van der Waals surface area contributed by atoms with Gasteiger partial charge in [-0.15, -0.1) is 0 Å². The average Bonchev–Trinajstić information content (AvgIpc) is 3.03. The molecule has 1 heterocycles. The summed E-state index contributed by atoms with van der Waals surface area (Å²) in [7, 11) is 0. The summed E-state index contributed by atoms with van der Waals surface area (Å²) < 4.78 is 0. The van der Waals surface area contributed by atoms with Gasteiger partial charge >= 0.3 is 0 Å². The maximum Gasteiger partial charge on any atom is 0.0930 e. The number of para-hydroxylation sites is 1. The first-order valence-corrected chi connectivity index (χ1v) is 9.18. The van der Waals surface area contributed by atoms with Crippen LogP contribution >= 0.6 is 0 Å². The van der Waals surface area contributed by atoms with E-state index in [1.165, 1.54) is 0 Å². The third-order valence-electron chi connectivity index (χ3n) is 4.79. The van der Waals surface area contributed by atoms with Gasteiger partial charge in [0.2, 0.25) is 0 Å². The van der Waals surface area contributed by atoms with E-state index < -0.39 is 0 Å². The Balaban J connectivity index is 1.86. The first-order chi connectivity index (χ1) is 12.3. The van der Waals surface area contributed by atoms with Crippen molar-refractivity contribution >= 4 is 11.8 Å². The third kappa shape index (κ3) is 4.30. The fourth-order valence-electron chi connectivity index (χ4n) is 3.39. The minimum Gasteiger partial charge on any atom is -0.396 e. The number of anilines is 1. The zero-order valence-electron chi connectivity index (χ0n) is 14.8. The van der Waals surface area contributed by atoms with E-state index in [4.69, 9.17) is 4.84 Å². The van der Waals surface area contributed by atoms with Crippen molar-refractivity contribution in [3.8, 4) is 0 Å². The van der Waals surface area contributed by atoms with E-state index in [0.717, 1.165) is 30.5 Å². The quantitative estimate of drug-likeness (QED) is 0.796. The van der Waals surface area contributed by atoms with Crippen LogP contribution in [-0.4, -0.2) is 23.9 Å². The Morgan fingerprint density at radius 2 is 1.72 bits per heavy atom. The van der Waals surface area contributed by atoms with Crippen molar-refractivity contribution in [3.05, 3.63) is 72.3 Å². The first-order valence-electron chi connectivity index (χ1n) is 9.18. The average molecular weight is 337 g/mol. The molecule has 132 valence electrons. The molecule has 2 aromatic rings. The molecule has 1 N–H and O–H groups in total. The molecule has 0 amide bonds. The van der Waals surface area contributed by atoms with Gasteiger partial charge in [0.15, 0.2) is 0 Å². The fraction of sp³-hybridized carbons (Fsp3) is 0.364. The van der Waals surface area contributed by atoms with Crippen molar-refractivity contribution in [1.29, 1.82) is 0 Å². The lowest BCUT2D eigenvalue weighted by Gasteiger charge is -2.24. The molecule has 25 heavy (non-hydrogen) atoms. The maximum atomic E-state index is 10.0. The second-order valence-electron chi connectivity index (χ2n) is 6.55. The number of aliphatic hydroxyl groups is 1. The Hall–Kier alpha value is -2.10. The van der Waals surface area contributed by atoms with Crippen LogP contribution < -0.4 is 5.06 Å². The number of aliphatic hydroxyl groups excluding tert-OH is 1. The fourth-order valence-corrected chi connectivity index (χ4v) is 3.39. The summed E-state index contributed by atoms with van der Waals surface area (Å²) in [5.41, 5.74) is 2.19. The summed E-state index contributed by atoms with van der Waals surface area (Å²) in [6.07, 6.45) is 7.55. The van der Waals surface area contributed by atoms with E-state index >= 15 is 0 Å². The monoisotopic (exact) mass is 337 g/mol. The van der Waals surface area contributed by atoms with Gasteiger partial charge in [-0.25, -0.2) is 5.06 Å². The molecule has 0 aliphatic carbocycles. The molecule has 0 saturated carbocycles. The molecule has 3 atom stereocenters. The number of rotatable bonds is 7. The predicted octanol–water partition coefficient (Wildman–Crippen LogP) is 4.69. The Labute approximate surface area is 150 Å². The molecule has 3 heteroatoms. The van der Waals surface area contributed by atoms with Crippen molar-refractivity contribution in [2.24, 2.45) is 5.92 Å². The Bertz CT molecular complexity index is 656. The summed E-state index contributed by atoms with van der Waals surface area (Å²) in [6.45, 7) is 2.31. The molecule has 0 unspecified atom stereocenters. The highest BCUT2D eigenvalue weighted by molar-refractivity contribution is 5.53. The van der Waals surface area contributed by atoms with Crippen LogP contribution in [-0.2, 0) is 4.84 Å². The van der Waals surface area contributed by atoms with E-state index in [9.17, 15) is 5.11 Å². The van der Waals surface area contributed by atoms with Crippen LogP contribution in [0.1, 0.15) is 31.7 Å². The number of hydroxylamine groups is 1. The van der Waals surface area contributed by atoms with E-state index in [1.807, 2.05) is 41.5 Å². The van der Waals surface area contributed by atoms with Crippen LogP contribution in [0.4, 0.5) is 5.69 Å². The molecular formula is C22H27NO2. The number of hydrogen-bond donors (Lipinski definition) is 1. The lowest BCUT2D eigenvalue weighted by molar-refractivity contribution is 0.0489. The molecule has 0 aromatic heterocycles. The molecule has 3 rings (SSSR count). The van der Waals surface area contributed by atoms with Crippen LogP contribution in [0.2, 0.25) is 0 Å². The van der Waals surface area contributed by atoms with Gasteiger partial charge in [0, 0.05) is 5.92 Å². The van der Waals surface area contributed by atoms with Gasteiger partial charge in [0.05, 0.1) is 24.4 Å². The lowest BCUT2D eigenvalue weighted by atomic mass is 9.91. The second kappa shape index (κ2) is 8.84. The molecule has 1 saturated heterocycles. The molecule has 3 nitrogen and oxygen atoms in total. The summed E-state index contributed by atoms with van der Waals surface area (Å²) in [5, 5.41) is 12.0. The summed E-state index contributed by atoms with van der Waals surface area (Å²) in [6, 6.07) is 20.4. The minimum atomic E-state index is 0.0227. The van der Waals surface area contributed by atoms with Crippen molar-refractivity contribution < 1.29 is 9.94 Å². The smallest absolute Gasteiger partial charge is 0.0930 e. The van der Waals surface area contributed by atoms with Crippen LogP contribution in [0, 0.1) is 5.92 Å². The zero-order chi connectivity index (χ0) is 17.5. The van der Waals surface area contributed by atoms with Crippen molar-refractivity contribution in [1.82, 2.24) is 0 Å². The number of nitrogens with zero attached hydrogens (tertiary/aromatic N) is 1. The molecule has 1 aliphatic heterocycles. The second-order valence-corrected chi connectivity index (χ2v) is 6.55. The number of unbranched alkanes of at least 4 members (excludes halogenated alkanes) is 1.